The van der Waals surface area contributed by atoms with Crippen molar-refractivity contribution in [1.82, 2.24) is 5.32 Å². The van der Waals surface area contributed by atoms with E-state index in [2.05, 4.69) is 5.32 Å². The zero-order valence-corrected chi connectivity index (χ0v) is 8.22. The topological polar surface area (TPSA) is 78.2 Å². The van der Waals surface area contributed by atoms with Gasteiger partial charge in [-0.3, -0.25) is 0 Å². The zero-order chi connectivity index (χ0) is 7.11. The minimum atomic E-state index is -1.03. The number of rotatable bonds is 5. The van der Waals surface area contributed by atoms with Crippen molar-refractivity contribution in [3.05, 3.63) is 0 Å². The van der Waals surface area contributed by atoms with Crippen molar-refractivity contribution in [3.8, 4) is 0 Å². The van der Waals surface area contributed by atoms with Crippen molar-refractivity contribution in [2.45, 2.75) is 6.42 Å². The molecular formula is C5H11N2NaO2. The monoisotopic (exact) mass is 154 g/mol. The Kier molecular flexibility index (Phi) is 12.2. The molecular weight excluding hydrogens is 143 g/mol. The third-order valence-corrected chi connectivity index (χ3v) is 0.827. The number of hydrogen-bond acceptors (Lipinski definition) is 4. The van der Waals surface area contributed by atoms with E-state index in [0.29, 0.717) is 19.6 Å². The third-order valence-electron chi connectivity index (χ3n) is 0.827. The maximum absolute atomic E-state index is 9.78. The van der Waals surface area contributed by atoms with Gasteiger partial charge in [0.1, 0.15) is 0 Å². The van der Waals surface area contributed by atoms with E-state index in [4.69, 9.17) is 5.73 Å². The molecule has 54 valence electrons. The van der Waals surface area contributed by atoms with E-state index in [-0.39, 0.29) is 36.0 Å². The number of aliphatic carboxylic acids is 1. The largest absolute Gasteiger partial charge is 1.00 e. The van der Waals surface area contributed by atoms with Gasteiger partial charge in [-0.1, -0.05) is 0 Å². The van der Waals surface area contributed by atoms with E-state index in [1.807, 2.05) is 0 Å². The van der Waals surface area contributed by atoms with Gasteiger partial charge in [-0.05, 0) is 6.42 Å². The van der Waals surface area contributed by atoms with E-state index < -0.39 is 5.97 Å². The number of nitrogens with one attached hydrogen (secondary N) is 1. The van der Waals surface area contributed by atoms with Crippen LogP contribution in [0.15, 0.2) is 0 Å². The van der Waals surface area contributed by atoms with Crippen LogP contribution in [0.2, 0.25) is 0 Å². The fourth-order valence-electron chi connectivity index (χ4n) is 0.418. The maximum atomic E-state index is 9.78. The van der Waals surface area contributed by atoms with Crippen molar-refractivity contribution in [3.63, 3.8) is 0 Å². The van der Waals surface area contributed by atoms with Gasteiger partial charge in [0, 0.05) is 25.6 Å². The van der Waals surface area contributed by atoms with Crippen molar-refractivity contribution < 1.29 is 39.5 Å². The Morgan fingerprint density at radius 1 is 1.50 bits per heavy atom. The molecule has 0 aromatic heterocycles. The summed E-state index contributed by atoms with van der Waals surface area (Å²) in [5, 5.41) is 12.6. The Hall–Kier alpha value is 0.390. The van der Waals surface area contributed by atoms with E-state index in [1.165, 1.54) is 0 Å². The van der Waals surface area contributed by atoms with Crippen LogP contribution in [-0.4, -0.2) is 25.6 Å². The molecule has 0 spiro atoms. The normalized spacial score (nSPS) is 8.50. The first kappa shape index (κ1) is 13.0. The smallest absolute Gasteiger partial charge is 0.550 e. The molecule has 0 saturated heterocycles. The van der Waals surface area contributed by atoms with Gasteiger partial charge < -0.3 is 21.0 Å². The first-order valence-corrected chi connectivity index (χ1v) is 2.88. The average Bonchev–Trinajstić information content (AvgIpc) is 1.80. The number of nitrogens with two attached hydrogens (primary N) is 1. The second-order valence-electron chi connectivity index (χ2n) is 1.66. The molecule has 5 heteroatoms. The second kappa shape index (κ2) is 9.39. The first-order valence-electron chi connectivity index (χ1n) is 2.88. The molecule has 0 heterocycles. The quantitative estimate of drug-likeness (QED) is 0.306. The van der Waals surface area contributed by atoms with E-state index in [9.17, 15) is 9.90 Å². The summed E-state index contributed by atoms with van der Waals surface area (Å²) in [4.78, 5) is 9.78. The maximum Gasteiger partial charge on any atom is 1.00 e. The van der Waals surface area contributed by atoms with Crippen molar-refractivity contribution in [1.29, 1.82) is 0 Å². The third kappa shape index (κ3) is 11.2. The van der Waals surface area contributed by atoms with Crippen LogP contribution in [0.4, 0.5) is 0 Å². The van der Waals surface area contributed by atoms with Crippen LogP contribution >= 0.6 is 0 Å². The number of carbonyl (C=O) groups excluding carboxylic acids is 1. The van der Waals surface area contributed by atoms with Gasteiger partial charge in [-0.25, -0.2) is 0 Å². The molecule has 0 bridgehead atoms. The standard InChI is InChI=1S/C5H12N2O2.Na/c6-2-4-7-3-1-5(8)9;/h7H,1-4,6H2,(H,8,9);/q;+1/p-1. The van der Waals surface area contributed by atoms with Crippen molar-refractivity contribution >= 4 is 5.97 Å². The van der Waals surface area contributed by atoms with Gasteiger partial charge >= 0.3 is 29.6 Å². The molecule has 0 saturated carbocycles. The van der Waals surface area contributed by atoms with Crippen LogP contribution in [0.5, 0.6) is 0 Å². The van der Waals surface area contributed by atoms with Gasteiger partial charge in [-0.2, -0.15) is 0 Å². The van der Waals surface area contributed by atoms with Crippen LogP contribution in [0.25, 0.3) is 0 Å². The summed E-state index contributed by atoms with van der Waals surface area (Å²) < 4.78 is 0. The van der Waals surface area contributed by atoms with Crippen LogP contribution in [0, 0.1) is 0 Å². The SMILES string of the molecule is NCCNCCC(=O)[O-].[Na+]. The zero-order valence-electron chi connectivity index (χ0n) is 6.22. The van der Waals surface area contributed by atoms with Crippen molar-refractivity contribution in [2.75, 3.05) is 19.6 Å². The Morgan fingerprint density at radius 2 is 2.10 bits per heavy atom. The molecule has 4 nitrogen and oxygen atoms in total. The van der Waals surface area contributed by atoms with Gasteiger partial charge in [0.25, 0.3) is 0 Å². The molecule has 0 aliphatic rings. The Balaban J connectivity index is 0. The summed E-state index contributed by atoms with van der Waals surface area (Å²) in [6.45, 7) is 1.64. The molecule has 0 aromatic rings. The summed E-state index contributed by atoms with van der Waals surface area (Å²) in [5.41, 5.74) is 5.12. The molecule has 0 unspecified atom stereocenters. The first-order chi connectivity index (χ1) is 4.27. The molecule has 0 aliphatic heterocycles. The molecule has 0 radical (unpaired) electrons. The molecule has 10 heavy (non-hydrogen) atoms. The Morgan fingerprint density at radius 3 is 2.50 bits per heavy atom. The number of hydrogen-bond donors (Lipinski definition) is 2. The fourth-order valence-corrected chi connectivity index (χ4v) is 0.418. The summed E-state index contributed by atoms with van der Waals surface area (Å²) in [6, 6.07) is 0. The number of carbonyl (C=O) groups is 1. The molecule has 0 rings (SSSR count). The molecule has 0 amide bonds. The molecule has 0 aliphatic carbocycles. The predicted molar refractivity (Wildman–Crippen MR) is 31.5 cm³/mol. The summed E-state index contributed by atoms with van der Waals surface area (Å²) in [7, 11) is 0. The van der Waals surface area contributed by atoms with Crippen LogP contribution in [0.3, 0.4) is 0 Å². The van der Waals surface area contributed by atoms with Crippen molar-refractivity contribution in [2.24, 2.45) is 5.73 Å². The van der Waals surface area contributed by atoms with E-state index in [0.717, 1.165) is 0 Å². The molecule has 0 atom stereocenters. The van der Waals surface area contributed by atoms with Gasteiger partial charge in [-0.15, -0.1) is 0 Å². The summed E-state index contributed by atoms with van der Waals surface area (Å²) >= 11 is 0. The van der Waals surface area contributed by atoms with Crippen LogP contribution in [0.1, 0.15) is 6.42 Å². The van der Waals surface area contributed by atoms with Gasteiger partial charge in [0.2, 0.25) is 0 Å². The van der Waals surface area contributed by atoms with Crippen LogP contribution < -0.4 is 45.7 Å². The summed E-state index contributed by atoms with van der Waals surface area (Å²) in [6.07, 6.45) is 0.0556. The Bertz CT molecular complexity index is 89.7. The van der Waals surface area contributed by atoms with Crippen LogP contribution in [-0.2, 0) is 4.79 Å². The van der Waals surface area contributed by atoms with E-state index in [1.54, 1.807) is 0 Å². The second-order valence-corrected chi connectivity index (χ2v) is 1.66. The average molecular weight is 154 g/mol. The van der Waals surface area contributed by atoms with Gasteiger partial charge in [0.05, 0.1) is 0 Å². The minimum Gasteiger partial charge on any atom is -0.550 e. The molecule has 0 fully saturated rings. The van der Waals surface area contributed by atoms with Gasteiger partial charge in [0.15, 0.2) is 0 Å². The number of carboxylic acids is 1. The minimum absolute atomic E-state index is 0. The fraction of sp³-hybridized carbons (Fsp3) is 0.800. The predicted octanol–water partition coefficient (Wildman–Crippen LogP) is -5.32. The Labute approximate surface area is 82.5 Å². The summed E-state index contributed by atoms with van der Waals surface area (Å²) in [5.74, 6) is -1.03. The molecule has 3 N–H and O–H groups in total. The molecule has 0 aromatic carbocycles. The van der Waals surface area contributed by atoms with E-state index >= 15 is 0 Å². The number of carboxylic acid groups (broad SMARTS) is 1.